The van der Waals surface area contributed by atoms with Crippen LogP contribution < -0.4 is 4.72 Å². The molecular weight excluding hydrogens is 256 g/mol. The second kappa shape index (κ2) is 5.16. The van der Waals surface area contributed by atoms with Crippen LogP contribution >= 0.6 is 0 Å². The molecule has 6 nitrogen and oxygen atoms in total. The molecule has 0 aromatic heterocycles. The van der Waals surface area contributed by atoms with Gasteiger partial charge in [-0.2, -0.15) is 9.98 Å². The fraction of sp³-hybridized carbons (Fsp3) is 0.273. The molecule has 18 heavy (non-hydrogen) atoms. The van der Waals surface area contributed by atoms with Gasteiger partial charge in [-0.15, -0.1) is 0 Å². The minimum Gasteiger partial charge on any atom is -0.480 e. The number of hydrogen-bond acceptors (Lipinski definition) is 4. The van der Waals surface area contributed by atoms with E-state index in [-0.39, 0.29) is 4.90 Å². The number of aliphatic carboxylic acids is 1. The number of hydrogen-bond donors (Lipinski definition) is 2. The summed E-state index contributed by atoms with van der Waals surface area (Å²) in [5.74, 6) is -1.26. The Hall–Kier alpha value is -1.91. The second-order valence-electron chi connectivity index (χ2n) is 3.77. The van der Waals surface area contributed by atoms with Gasteiger partial charge >= 0.3 is 5.97 Å². The molecule has 0 saturated heterocycles. The van der Waals surface area contributed by atoms with Crippen LogP contribution in [0.4, 0.5) is 0 Å². The highest BCUT2D eigenvalue weighted by atomic mass is 32.2. The lowest BCUT2D eigenvalue weighted by Crippen LogP contribution is -2.38. The number of nitriles is 1. The van der Waals surface area contributed by atoms with E-state index in [2.05, 4.69) is 0 Å². The normalized spacial score (nSPS) is 12.7. The van der Waals surface area contributed by atoms with Crippen molar-refractivity contribution in [2.75, 3.05) is 0 Å². The number of benzene rings is 1. The lowest BCUT2D eigenvalue weighted by Gasteiger charge is -2.10. The summed E-state index contributed by atoms with van der Waals surface area (Å²) >= 11 is 0. The first kappa shape index (κ1) is 14.2. The summed E-state index contributed by atoms with van der Waals surface area (Å²) < 4.78 is 25.7. The Bertz CT molecular complexity index is 616. The molecule has 0 aliphatic heterocycles. The smallest absolute Gasteiger partial charge is 0.321 e. The molecule has 96 valence electrons. The highest BCUT2D eigenvalue weighted by Gasteiger charge is 2.21. The standard InChI is InChI=1S/C11H12N2O4S/c1-7-5-10(4-3-9(7)6-12)18(16,17)13-8(2)11(14)15/h3-5,8,13H,1-2H3,(H,14,15)/t8-/m1/s1. The molecule has 0 heterocycles. The first-order valence-corrected chi connectivity index (χ1v) is 6.52. The zero-order valence-electron chi connectivity index (χ0n) is 9.84. The highest BCUT2D eigenvalue weighted by molar-refractivity contribution is 7.89. The van der Waals surface area contributed by atoms with Crippen LogP contribution in [0, 0.1) is 18.3 Å². The zero-order valence-corrected chi connectivity index (χ0v) is 10.7. The number of rotatable bonds is 4. The van der Waals surface area contributed by atoms with Gasteiger partial charge in [0, 0.05) is 0 Å². The topological polar surface area (TPSA) is 107 Å². The zero-order chi connectivity index (χ0) is 13.9. The van der Waals surface area contributed by atoms with Gasteiger partial charge in [-0.1, -0.05) is 0 Å². The third-order valence-corrected chi connectivity index (χ3v) is 3.87. The lowest BCUT2D eigenvalue weighted by atomic mass is 10.1. The fourth-order valence-electron chi connectivity index (χ4n) is 1.28. The van der Waals surface area contributed by atoms with E-state index in [0.29, 0.717) is 11.1 Å². The largest absolute Gasteiger partial charge is 0.480 e. The van der Waals surface area contributed by atoms with Crippen LogP contribution in [0.15, 0.2) is 23.1 Å². The third-order valence-electron chi connectivity index (χ3n) is 2.33. The minimum atomic E-state index is -3.89. The van der Waals surface area contributed by atoms with E-state index in [9.17, 15) is 13.2 Å². The van der Waals surface area contributed by atoms with Crippen molar-refractivity contribution in [3.63, 3.8) is 0 Å². The molecule has 0 amide bonds. The molecule has 1 aromatic carbocycles. The summed E-state index contributed by atoms with van der Waals surface area (Å²) in [7, 11) is -3.89. The average Bonchev–Trinajstić information content (AvgIpc) is 2.28. The van der Waals surface area contributed by atoms with Gasteiger partial charge in [0.05, 0.1) is 16.5 Å². The van der Waals surface area contributed by atoms with Gasteiger partial charge in [0.15, 0.2) is 0 Å². The monoisotopic (exact) mass is 268 g/mol. The molecule has 7 heteroatoms. The molecule has 0 radical (unpaired) electrons. The second-order valence-corrected chi connectivity index (χ2v) is 5.48. The van der Waals surface area contributed by atoms with E-state index in [4.69, 9.17) is 10.4 Å². The van der Waals surface area contributed by atoms with E-state index < -0.39 is 22.0 Å². The van der Waals surface area contributed by atoms with Crippen molar-refractivity contribution in [1.29, 1.82) is 5.26 Å². The molecular formula is C11H12N2O4S. The Morgan fingerprint density at radius 3 is 2.56 bits per heavy atom. The average molecular weight is 268 g/mol. The lowest BCUT2D eigenvalue weighted by molar-refractivity contribution is -0.138. The Morgan fingerprint density at radius 2 is 2.11 bits per heavy atom. The predicted molar refractivity (Wildman–Crippen MR) is 63.3 cm³/mol. The van der Waals surface area contributed by atoms with Crippen molar-refractivity contribution < 1.29 is 18.3 Å². The van der Waals surface area contributed by atoms with Gasteiger partial charge in [-0.05, 0) is 37.6 Å². The van der Waals surface area contributed by atoms with E-state index in [1.165, 1.54) is 25.1 Å². The van der Waals surface area contributed by atoms with E-state index in [1.807, 2.05) is 10.8 Å². The molecule has 0 aliphatic rings. The molecule has 1 atom stereocenters. The number of carboxylic acids is 1. The predicted octanol–water partition coefficient (Wildman–Crippen LogP) is 0.618. The van der Waals surface area contributed by atoms with E-state index in [0.717, 1.165) is 0 Å². The van der Waals surface area contributed by atoms with Crippen molar-refractivity contribution in [2.24, 2.45) is 0 Å². The maximum absolute atomic E-state index is 11.8. The Kier molecular flexibility index (Phi) is 4.06. The molecule has 0 aliphatic carbocycles. The number of nitrogens with zero attached hydrogens (tertiary/aromatic N) is 1. The van der Waals surface area contributed by atoms with Crippen molar-refractivity contribution in [3.8, 4) is 6.07 Å². The number of carboxylic acid groups (broad SMARTS) is 1. The minimum absolute atomic E-state index is 0.0629. The van der Waals surface area contributed by atoms with Crippen molar-refractivity contribution >= 4 is 16.0 Å². The van der Waals surface area contributed by atoms with Gasteiger partial charge in [0.2, 0.25) is 10.0 Å². The van der Waals surface area contributed by atoms with Crippen LogP contribution in [0.2, 0.25) is 0 Å². The number of aryl methyl sites for hydroxylation is 1. The Balaban J connectivity index is 3.11. The van der Waals surface area contributed by atoms with Gasteiger partial charge in [-0.25, -0.2) is 8.42 Å². The van der Waals surface area contributed by atoms with Gasteiger partial charge in [-0.3, -0.25) is 4.79 Å². The van der Waals surface area contributed by atoms with Crippen LogP contribution in [-0.4, -0.2) is 25.5 Å². The third kappa shape index (κ3) is 3.06. The first-order valence-electron chi connectivity index (χ1n) is 5.04. The SMILES string of the molecule is Cc1cc(S(=O)(=O)N[C@H](C)C(=O)O)ccc1C#N. The maximum Gasteiger partial charge on any atom is 0.321 e. The molecule has 0 saturated carbocycles. The molecule has 1 rings (SSSR count). The molecule has 1 aromatic rings. The van der Waals surface area contributed by atoms with Gasteiger partial charge < -0.3 is 5.11 Å². The van der Waals surface area contributed by atoms with Gasteiger partial charge in [0.25, 0.3) is 0 Å². The molecule has 0 spiro atoms. The summed E-state index contributed by atoms with van der Waals surface area (Å²) in [6.45, 7) is 2.84. The quantitative estimate of drug-likeness (QED) is 0.832. The summed E-state index contributed by atoms with van der Waals surface area (Å²) in [6, 6.07) is 4.69. The van der Waals surface area contributed by atoms with Crippen LogP contribution in [0.3, 0.4) is 0 Å². The van der Waals surface area contributed by atoms with Gasteiger partial charge in [0.1, 0.15) is 6.04 Å². The fourth-order valence-corrected chi connectivity index (χ4v) is 2.56. The summed E-state index contributed by atoms with van der Waals surface area (Å²) in [6.07, 6.45) is 0. The number of nitrogens with one attached hydrogen (secondary N) is 1. The van der Waals surface area contributed by atoms with Crippen molar-refractivity contribution in [2.45, 2.75) is 24.8 Å². The highest BCUT2D eigenvalue weighted by Crippen LogP contribution is 2.15. The van der Waals surface area contributed by atoms with E-state index in [1.54, 1.807) is 6.92 Å². The van der Waals surface area contributed by atoms with Crippen LogP contribution in [-0.2, 0) is 14.8 Å². The van der Waals surface area contributed by atoms with Crippen molar-refractivity contribution in [1.82, 2.24) is 4.72 Å². The maximum atomic E-state index is 11.8. The number of carbonyl (C=O) groups is 1. The molecule has 0 bridgehead atoms. The molecule has 2 N–H and O–H groups in total. The van der Waals surface area contributed by atoms with Crippen LogP contribution in [0.5, 0.6) is 0 Å². The van der Waals surface area contributed by atoms with Crippen LogP contribution in [0.1, 0.15) is 18.1 Å². The Labute approximate surface area is 105 Å². The van der Waals surface area contributed by atoms with Crippen LogP contribution in [0.25, 0.3) is 0 Å². The molecule has 0 unspecified atom stereocenters. The summed E-state index contributed by atoms with van der Waals surface area (Å²) in [5, 5.41) is 17.4. The summed E-state index contributed by atoms with van der Waals surface area (Å²) in [5.41, 5.74) is 0.892. The van der Waals surface area contributed by atoms with E-state index >= 15 is 0 Å². The number of sulfonamides is 1. The van der Waals surface area contributed by atoms with Crippen molar-refractivity contribution in [3.05, 3.63) is 29.3 Å². The Morgan fingerprint density at radius 1 is 1.50 bits per heavy atom. The molecule has 0 fully saturated rings. The summed E-state index contributed by atoms with van der Waals surface area (Å²) in [4.78, 5) is 10.5. The first-order chi connectivity index (χ1) is 8.27.